The van der Waals surface area contributed by atoms with Gasteiger partial charge in [-0.3, -0.25) is 0 Å². The van der Waals surface area contributed by atoms with Crippen molar-refractivity contribution in [3.63, 3.8) is 0 Å². The van der Waals surface area contributed by atoms with Gasteiger partial charge in [0, 0.05) is 0 Å². The minimum atomic E-state index is 0. The average Bonchev–Trinajstić information content (AvgIpc) is 2.21. The topological polar surface area (TPSA) is 0 Å². The number of hydrogen-bond acceptors (Lipinski definition) is 0. The number of benzene rings is 2. The molecule has 0 aliphatic heterocycles. The van der Waals surface area contributed by atoms with Crippen LogP contribution >= 0.6 is 36.4 Å². The molecule has 0 nitrogen and oxygen atoms in total. The van der Waals surface area contributed by atoms with E-state index in [-0.39, 0.29) is 36.4 Å². The molecule has 0 fully saturated rings. The Morgan fingerprint density at radius 1 is 0.500 bits per heavy atom. The smallest absolute Gasteiger partial charge is 0.0184 e. The maximum Gasteiger partial charge on any atom is -0.0184 e. The van der Waals surface area contributed by atoms with E-state index in [0.717, 1.165) is 0 Å². The molecule has 0 aliphatic rings. The van der Waals surface area contributed by atoms with Crippen molar-refractivity contribution >= 4 is 36.4 Å². The molecule has 0 N–H and O–H groups in total. The van der Waals surface area contributed by atoms with Gasteiger partial charge in [-0.25, -0.2) is 0 Å². The lowest BCUT2D eigenvalue weighted by atomic mass is 10.1. The summed E-state index contributed by atoms with van der Waals surface area (Å²) in [6.07, 6.45) is 0. The number of rotatable bonds is 1. The largest absolute Gasteiger partial charge is 0.147 e. The van der Waals surface area contributed by atoms with E-state index in [0.29, 0.717) is 0 Å². The Hall–Kier alpha value is -0.540. The van der Waals surface area contributed by atoms with Gasteiger partial charge in [-0.1, -0.05) is 60.7 Å². The van der Waals surface area contributed by atoms with Crippen LogP contribution in [0.4, 0.5) is 0 Å². The van der Waals surface area contributed by atoms with Gasteiger partial charge < -0.3 is 0 Å². The standard InChI is InChI=1S/C12H10.ClH.HI/c1-3-7-11(8-4-1)12-9-5-2-6-10-12;;/h1-10H;2*1H. The highest BCUT2D eigenvalue weighted by atomic mass is 127. The summed E-state index contributed by atoms with van der Waals surface area (Å²) in [4.78, 5) is 0. The molecule has 2 heteroatoms. The van der Waals surface area contributed by atoms with Crippen molar-refractivity contribution in [3.8, 4) is 11.1 Å². The molecular formula is C12H12ClI. The van der Waals surface area contributed by atoms with Crippen LogP contribution in [0.1, 0.15) is 0 Å². The van der Waals surface area contributed by atoms with E-state index in [1.807, 2.05) is 12.1 Å². The van der Waals surface area contributed by atoms with Crippen LogP contribution in [0.5, 0.6) is 0 Å². The lowest BCUT2D eigenvalue weighted by Crippen LogP contribution is -1.73. The van der Waals surface area contributed by atoms with Gasteiger partial charge in [0.25, 0.3) is 0 Å². The van der Waals surface area contributed by atoms with Gasteiger partial charge >= 0.3 is 0 Å². The van der Waals surface area contributed by atoms with E-state index in [4.69, 9.17) is 0 Å². The summed E-state index contributed by atoms with van der Waals surface area (Å²) in [5.41, 5.74) is 2.55. The summed E-state index contributed by atoms with van der Waals surface area (Å²) < 4.78 is 0. The second-order valence-electron chi connectivity index (χ2n) is 2.73. The zero-order valence-electron chi connectivity index (χ0n) is 7.59. The van der Waals surface area contributed by atoms with Crippen LogP contribution in [0.3, 0.4) is 0 Å². The maximum atomic E-state index is 2.12. The highest BCUT2D eigenvalue weighted by molar-refractivity contribution is 14.0. The fraction of sp³-hybridized carbons (Fsp3) is 0. The number of hydrogen-bond donors (Lipinski definition) is 0. The van der Waals surface area contributed by atoms with Gasteiger partial charge in [-0.15, -0.1) is 36.4 Å². The molecule has 0 spiro atoms. The molecular weight excluding hydrogens is 306 g/mol. The normalized spacial score (nSPS) is 8.29. The zero-order valence-corrected chi connectivity index (χ0v) is 10.7. The predicted molar refractivity (Wildman–Crippen MR) is 74.5 cm³/mol. The van der Waals surface area contributed by atoms with Crippen LogP contribution in [0.25, 0.3) is 11.1 Å². The molecule has 0 atom stereocenters. The monoisotopic (exact) mass is 318 g/mol. The van der Waals surface area contributed by atoms with Crippen LogP contribution in [0.15, 0.2) is 60.7 Å². The Balaban J connectivity index is 0.000000845. The molecule has 14 heavy (non-hydrogen) atoms. The molecule has 0 radical (unpaired) electrons. The Morgan fingerprint density at radius 2 is 0.786 bits per heavy atom. The first kappa shape index (κ1) is 13.5. The lowest BCUT2D eigenvalue weighted by Gasteiger charge is -1.98. The first-order valence-electron chi connectivity index (χ1n) is 4.07. The molecule has 2 aromatic carbocycles. The van der Waals surface area contributed by atoms with Crippen LogP contribution in [0, 0.1) is 0 Å². The van der Waals surface area contributed by atoms with Crippen LogP contribution in [0.2, 0.25) is 0 Å². The van der Waals surface area contributed by atoms with E-state index in [9.17, 15) is 0 Å². The highest BCUT2D eigenvalue weighted by Crippen LogP contribution is 2.17. The van der Waals surface area contributed by atoms with E-state index in [1.54, 1.807) is 0 Å². The van der Waals surface area contributed by atoms with Gasteiger partial charge in [0.15, 0.2) is 0 Å². The third-order valence-corrected chi connectivity index (χ3v) is 1.88. The minimum Gasteiger partial charge on any atom is -0.147 e. The molecule has 0 bridgehead atoms. The quantitative estimate of drug-likeness (QED) is 0.684. The van der Waals surface area contributed by atoms with Crippen LogP contribution < -0.4 is 0 Å². The van der Waals surface area contributed by atoms with Crippen molar-refractivity contribution in [2.45, 2.75) is 0 Å². The molecule has 0 aromatic heterocycles. The fourth-order valence-corrected chi connectivity index (χ4v) is 1.26. The molecule has 0 saturated heterocycles. The van der Waals surface area contributed by atoms with Crippen molar-refractivity contribution < 1.29 is 0 Å². The van der Waals surface area contributed by atoms with Crippen molar-refractivity contribution in [3.05, 3.63) is 60.7 Å². The van der Waals surface area contributed by atoms with E-state index in [2.05, 4.69) is 48.5 Å². The third-order valence-electron chi connectivity index (χ3n) is 1.88. The first-order valence-corrected chi connectivity index (χ1v) is 4.07. The molecule has 2 rings (SSSR count). The zero-order chi connectivity index (χ0) is 8.23. The molecule has 0 heterocycles. The average molecular weight is 319 g/mol. The molecule has 0 unspecified atom stereocenters. The Bertz CT molecular complexity index is 308. The summed E-state index contributed by atoms with van der Waals surface area (Å²) in [5.74, 6) is 0. The van der Waals surface area contributed by atoms with Gasteiger partial charge in [-0.2, -0.15) is 0 Å². The van der Waals surface area contributed by atoms with Crippen LogP contribution in [-0.4, -0.2) is 0 Å². The van der Waals surface area contributed by atoms with Crippen molar-refractivity contribution in [2.24, 2.45) is 0 Å². The number of halogens is 2. The summed E-state index contributed by atoms with van der Waals surface area (Å²) in [6.45, 7) is 0. The van der Waals surface area contributed by atoms with E-state index < -0.39 is 0 Å². The second-order valence-corrected chi connectivity index (χ2v) is 2.73. The first-order chi connectivity index (χ1) is 5.97. The van der Waals surface area contributed by atoms with Crippen molar-refractivity contribution in [2.75, 3.05) is 0 Å². The van der Waals surface area contributed by atoms with Gasteiger partial charge in [-0.05, 0) is 11.1 Å². The Labute approximate surface area is 108 Å². The molecule has 0 amide bonds. The van der Waals surface area contributed by atoms with Crippen molar-refractivity contribution in [1.29, 1.82) is 0 Å². The third kappa shape index (κ3) is 3.31. The summed E-state index contributed by atoms with van der Waals surface area (Å²) in [6, 6.07) is 20.8. The van der Waals surface area contributed by atoms with E-state index in [1.165, 1.54) is 11.1 Å². The maximum absolute atomic E-state index is 2.12. The predicted octanol–water partition coefficient (Wildman–Crippen LogP) is 4.39. The summed E-state index contributed by atoms with van der Waals surface area (Å²) in [5, 5.41) is 0. The van der Waals surface area contributed by atoms with Crippen molar-refractivity contribution in [1.82, 2.24) is 0 Å². The summed E-state index contributed by atoms with van der Waals surface area (Å²) >= 11 is 0. The Kier molecular flexibility index (Phi) is 6.58. The molecule has 2 aromatic rings. The highest BCUT2D eigenvalue weighted by Gasteiger charge is 1.91. The Morgan fingerprint density at radius 3 is 1.07 bits per heavy atom. The molecule has 0 aliphatic carbocycles. The van der Waals surface area contributed by atoms with E-state index >= 15 is 0 Å². The lowest BCUT2D eigenvalue weighted by molar-refractivity contribution is 1.62. The van der Waals surface area contributed by atoms with Gasteiger partial charge in [0.1, 0.15) is 0 Å². The van der Waals surface area contributed by atoms with Gasteiger partial charge in [0.2, 0.25) is 0 Å². The fourth-order valence-electron chi connectivity index (χ4n) is 1.26. The second kappa shape index (κ2) is 6.85. The molecule has 74 valence electrons. The summed E-state index contributed by atoms with van der Waals surface area (Å²) in [7, 11) is 0. The van der Waals surface area contributed by atoms with Crippen LogP contribution in [-0.2, 0) is 0 Å². The van der Waals surface area contributed by atoms with Gasteiger partial charge in [0.05, 0.1) is 0 Å². The minimum absolute atomic E-state index is 0. The SMILES string of the molecule is Cl.I.c1ccc(-c2ccccc2)cc1. The molecule has 0 saturated carbocycles.